The van der Waals surface area contributed by atoms with Crippen LogP contribution in [0.25, 0.3) is 0 Å². The summed E-state index contributed by atoms with van der Waals surface area (Å²) in [4.78, 5) is 3.89. The summed E-state index contributed by atoms with van der Waals surface area (Å²) in [7, 11) is 0. The Morgan fingerprint density at radius 3 is 2.83 bits per heavy atom. The van der Waals surface area contributed by atoms with Crippen molar-refractivity contribution in [2.45, 2.75) is 0 Å². The van der Waals surface area contributed by atoms with E-state index < -0.39 is 5.82 Å². The van der Waals surface area contributed by atoms with E-state index in [9.17, 15) is 4.39 Å². The molecule has 0 unspecified atom stereocenters. The molecule has 0 fully saturated rings. The smallest absolute Gasteiger partial charge is 0.237 e. The van der Waals surface area contributed by atoms with E-state index in [1.54, 1.807) is 0 Å². The van der Waals surface area contributed by atoms with Gasteiger partial charge in [-0.05, 0) is 18.2 Å². The Labute approximate surface area is 107 Å². The highest BCUT2D eigenvalue weighted by molar-refractivity contribution is 6.30. The zero-order chi connectivity index (χ0) is 13.1. The van der Waals surface area contributed by atoms with Crippen LogP contribution in [-0.2, 0) is 0 Å². The average molecular weight is 264 g/mol. The van der Waals surface area contributed by atoms with Gasteiger partial charge in [0, 0.05) is 6.07 Å². The molecule has 0 aliphatic carbocycles. The van der Waals surface area contributed by atoms with E-state index in [2.05, 4.69) is 4.98 Å². The molecule has 0 saturated carbocycles. The quantitative estimate of drug-likeness (QED) is 0.903. The Morgan fingerprint density at radius 1 is 1.39 bits per heavy atom. The second-order valence-electron chi connectivity index (χ2n) is 3.41. The van der Waals surface area contributed by atoms with Gasteiger partial charge in [-0.25, -0.2) is 9.37 Å². The number of pyridine rings is 1. The van der Waals surface area contributed by atoms with Crippen molar-refractivity contribution in [1.82, 2.24) is 4.98 Å². The molecule has 0 bridgehead atoms. The van der Waals surface area contributed by atoms with Crippen molar-refractivity contribution in [2.24, 2.45) is 0 Å². The highest BCUT2D eigenvalue weighted by Gasteiger charge is 2.08. The summed E-state index contributed by atoms with van der Waals surface area (Å²) in [5, 5.41) is 8.84. The number of halogens is 2. The number of hydrogen-bond donors (Lipinski definition) is 1. The lowest BCUT2D eigenvalue weighted by Gasteiger charge is -2.07. The Bertz CT molecular complexity index is 640. The number of aromatic nitrogens is 1. The van der Waals surface area contributed by atoms with Gasteiger partial charge in [-0.1, -0.05) is 11.6 Å². The van der Waals surface area contributed by atoms with Gasteiger partial charge in [-0.3, -0.25) is 0 Å². The number of anilines is 1. The second-order valence-corrected chi connectivity index (χ2v) is 3.82. The summed E-state index contributed by atoms with van der Waals surface area (Å²) < 4.78 is 18.3. The van der Waals surface area contributed by atoms with Crippen molar-refractivity contribution < 1.29 is 9.13 Å². The number of hydrogen-bond acceptors (Lipinski definition) is 4. The van der Waals surface area contributed by atoms with Crippen LogP contribution in [0.15, 0.2) is 30.5 Å². The number of nitrogens with two attached hydrogens (primary N) is 1. The second kappa shape index (κ2) is 4.90. The Hall–Kier alpha value is -2.32. The van der Waals surface area contributed by atoms with E-state index >= 15 is 0 Å². The fourth-order valence-corrected chi connectivity index (χ4v) is 1.45. The molecule has 0 atom stereocenters. The molecule has 0 amide bonds. The first-order chi connectivity index (χ1) is 8.60. The number of nitrogen functional groups attached to an aromatic ring is 1. The van der Waals surface area contributed by atoms with Crippen molar-refractivity contribution >= 4 is 17.3 Å². The van der Waals surface area contributed by atoms with Crippen molar-refractivity contribution in [3.8, 4) is 17.7 Å². The van der Waals surface area contributed by atoms with Crippen LogP contribution in [0, 0.1) is 17.1 Å². The maximum absolute atomic E-state index is 13.0. The first-order valence-electron chi connectivity index (χ1n) is 4.88. The number of rotatable bonds is 2. The minimum Gasteiger partial charge on any atom is -0.438 e. The summed E-state index contributed by atoms with van der Waals surface area (Å²) in [6.45, 7) is 0. The predicted octanol–water partition coefficient (Wildman–Crippen LogP) is 3.12. The van der Waals surface area contributed by atoms with Gasteiger partial charge in [0.25, 0.3) is 0 Å². The van der Waals surface area contributed by atoms with Gasteiger partial charge in [0.05, 0.1) is 16.9 Å². The van der Waals surface area contributed by atoms with Crippen LogP contribution in [0.2, 0.25) is 5.02 Å². The molecule has 0 spiro atoms. The van der Waals surface area contributed by atoms with Crippen LogP contribution in [0.1, 0.15) is 5.56 Å². The number of nitriles is 1. The molecule has 4 nitrogen and oxygen atoms in total. The summed E-state index contributed by atoms with van der Waals surface area (Å²) in [6, 6.07) is 7.20. The Kier molecular flexibility index (Phi) is 3.31. The maximum Gasteiger partial charge on any atom is 0.237 e. The molecule has 18 heavy (non-hydrogen) atoms. The molecular formula is C12H7ClFN3O. The van der Waals surface area contributed by atoms with Crippen LogP contribution in [0.4, 0.5) is 10.1 Å². The minimum atomic E-state index is -0.546. The van der Waals surface area contributed by atoms with E-state index in [0.29, 0.717) is 5.69 Å². The normalized spacial score (nSPS) is 9.83. The molecule has 2 rings (SSSR count). The molecular weight excluding hydrogens is 257 g/mol. The monoisotopic (exact) mass is 263 g/mol. The molecule has 0 radical (unpaired) electrons. The van der Waals surface area contributed by atoms with Crippen LogP contribution in [-0.4, -0.2) is 4.98 Å². The molecule has 0 aliphatic rings. The third kappa shape index (κ3) is 2.50. The molecule has 2 N–H and O–H groups in total. The van der Waals surface area contributed by atoms with Gasteiger partial charge in [-0.15, -0.1) is 0 Å². The highest BCUT2D eigenvalue weighted by Crippen LogP contribution is 2.27. The van der Waals surface area contributed by atoms with E-state index in [-0.39, 0.29) is 22.2 Å². The van der Waals surface area contributed by atoms with Gasteiger partial charge in [0.1, 0.15) is 23.2 Å². The molecule has 90 valence electrons. The van der Waals surface area contributed by atoms with Crippen molar-refractivity contribution in [3.05, 3.63) is 46.9 Å². The van der Waals surface area contributed by atoms with Crippen LogP contribution in [0.3, 0.4) is 0 Å². The summed E-state index contributed by atoms with van der Waals surface area (Å²) in [5.41, 5.74) is 6.05. The lowest BCUT2D eigenvalue weighted by atomic mass is 10.2. The van der Waals surface area contributed by atoms with Crippen LogP contribution < -0.4 is 10.5 Å². The Balaban J connectivity index is 2.34. The summed E-state index contributed by atoms with van der Waals surface area (Å²) >= 11 is 5.62. The highest BCUT2D eigenvalue weighted by atomic mass is 35.5. The first kappa shape index (κ1) is 12.1. The van der Waals surface area contributed by atoms with Crippen molar-refractivity contribution in [1.29, 1.82) is 5.26 Å². The van der Waals surface area contributed by atoms with Gasteiger partial charge in [0.15, 0.2) is 0 Å². The minimum absolute atomic E-state index is 0.0681. The first-order valence-corrected chi connectivity index (χ1v) is 5.26. The van der Waals surface area contributed by atoms with E-state index in [1.165, 1.54) is 30.5 Å². The molecule has 0 saturated heterocycles. The predicted molar refractivity (Wildman–Crippen MR) is 64.8 cm³/mol. The van der Waals surface area contributed by atoms with E-state index in [4.69, 9.17) is 27.3 Å². The largest absolute Gasteiger partial charge is 0.438 e. The van der Waals surface area contributed by atoms with E-state index in [1.807, 2.05) is 6.07 Å². The number of benzene rings is 1. The standard InChI is InChI=1S/C12H7ClFN3O/c13-10-4-9(1-2-11(10)14)18-12-7(5-15)3-8(16)6-17-12/h1-4,6H,16H2. The van der Waals surface area contributed by atoms with Crippen molar-refractivity contribution in [3.63, 3.8) is 0 Å². The molecule has 1 aromatic carbocycles. The molecule has 0 aliphatic heterocycles. The third-order valence-electron chi connectivity index (χ3n) is 2.10. The number of nitrogens with zero attached hydrogens (tertiary/aromatic N) is 2. The summed E-state index contributed by atoms with van der Waals surface area (Å²) in [6.07, 6.45) is 1.36. The maximum atomic E-state index is 13.0. The van der Waals surface area contributed by atoms with Gasteiger partial charge < -0.3 is 10.5 Å². The summed E-state index contributed by atoms with van der Waals surface area (Å²) in [5.74, 6) is -0.167. The van der Waals surface area contributed by atoms with E-state index in [0.717, 1.165) is 0 Å². The Morgan fingerprint density at radius 2 is 2.17 bits per heavy atom. The number of ether oxygens (including phenoxy) is 1. The van der Waals surface area contributed by atoms with Gasteiger partial charge >= 0.3 is 0 Å². The van der Waals surface area contributed by atoms with Crippen LogP contribution >= 0.6 is 11.6 Å². The molecule has 2 aromatic rings. The molecule has 6 heteroatoms. The lowest BCUT2D eigenvalue weighted by molar-refractivity contribution is 0.460. The van der Waals surface area contributed by atoms with Gasteiger partial charge in [0.2, 0.25) is 5.88 Å². The average Bonchev–Trinajstić information content (AvgIpc) is 2.36. The fraction of sp³-hybridized carbons (Fsp3) is 0. The van der Waals surface area contributed by atoms with Crippen molar-refractivity contribution in [2.75, 3.05) is 5.73 Å². The lowest BCUT2D eigenvalue weighted by Crippen LogP contribution is -1.95. The van der Waals surface area contributed by atoms with Crippen LogP contribution in [0.5, 0.6) is 11.6 Å². The topological polar surface area (TPSA) is 71.9 Å². The zero-order valence-electron chi connectivity index (χ0n) is 9.02. The zero-order valence-corrected chi connectivity index (χ0v) is 9.78. The fourth-order valence-electron chi connectivity index (χ4n) is 1.28. The molecule has 1 aromatic heterocycles. The molecule has 1 heterocycles. The third-order valence-corrected chi connectivity index (χ3v) is 2.39. The SMILES string of the molecule is N#Cc1cc(N)cnc1Oc1ccc(F)c(Cl)c1. The van der Waals surface area contributed by atoms with Gasteiger partial charge in [-0.2, -0.15) is 5.26 Å².